The molecule has 100 valence electrons. The highest BCUT2D eigenvalue weighted by atomic mass is 127. The van der Waals surface area contributed by atoms with Crippen LogP contribution in [0.15, 0.2) is 42.5 Å². The monoisotopic (exact) mass is 396 g/mol. The van der Waals surface area contributed by atoms with Crippen molar-refractivity contribution in [1.29, 1.82) is 0 Å². The minimum Gasteiger partial charge on any atom is -0.398 e. The number of nitrogens with one attached hydrogen (secondary N) is 1. The predicted molar refractivity (Wildman–Crippen MR) is 90.2 cm³/mol. The Bertz CT molecular complexity index is 738. The number of halogens is 2. The van der Waals surface area contributed by atoms with Crippen LogP contribution in [0.3, 0.4) is 0 Å². The van der Waals surface area contributed by atoms with E-state index in [0.717, 1.165) is 20.4 Å². The van der Waals surface area contributed by atoms with Gasteiger partial charge in [-0.1, -0.05) is 23.7 Å². The van der Waals surface area contributed by atoms with Crippen LogP contribution in [-0.2, 0) is 4.79 Å². The van der Waals surface area contributed by atoms with Crippen molar-refractivity contribution in [2.24, 2.45) is 5.73 Å². The summed E-state index contributed by atoms with van der Waals surface area (Å²) >= 11 is 8.23. The van der Waals surface area contributed by atoms with Crippen LogP contribution >= 0.6 is 34.2 Å². The smallest absolute Gasteiger partial charge is 0.258 e. The highest BCUT2D eigenvalue weighted by Crippen LogP contribution is 2.36. The molecule has 0 saturated carbocycles. The first-order chi connectivity index (χ1) is 9.56. The van der Waals surface area contributed by atoms with Gasteiger partial charge in [-0.3, -0.25) is 4.79 Å². The average molecular weight is 397 g/mol. The molecule has 5 heteroatoms. The summed E-state index contributed by atoms with van der Waals surface area (Å²) in [5.41, 5.74) is 9.42. The van der Waals surface area contributed by atoms with Crippen LogP contribution in [0.25, 0.3) is 11.3 Å². The zero-order valence-electron chi connectivity index (χ0n) is 10.3. The van der Waals surface area contributed by atoms with Crippen LogP contribution in [0.1, 0.15) is 11.1 Å². The summed E-state index contributed by atoms with van der Waals surface area (Å²) in [5, 5.41) is 3.38. The summed E-state index contributed by atoms with van der Waals surface area (Å²) in [6.07, 6.45) is 0. The first-order valence-corrected chi connectivity index (χ1v) is 7.39. The third-order valence-electron chi connectivity index (χ3n) is 3.15. The van der Waals surface area contributed by atoms with Crippen LogP contribution in [0.5, 0.6) is 0 Å². The van der Waals surface area contributed by atoms with E-state index in [4.69, 9.17) is 17.3 Å². The lowest BCUT2D eigenvalue weighted by Crippen LogP contribution is -2.09. The molecule has 1 amide bonds. The van der Waals surface area contributed by atoms with Gasteiger partial charge in [0.2, 0.25) is 0 Å². The zero-order chi connectivity index (χ0) is 14.3. The molecule has 0 bridgehead atoms. The van der Waals surface area contributed by atoms with E-state index in [9.17, 15) is 4.79 Å². The lowest BCUT2D eigenvalue weighted by molar-refractivity contribution is -0.110. The van der Waals surface area contributed by atoms with Crippen LogP contribution in [0, 0.1) is 3.57 Å². The van der Waals surface area contributed by atoms with Crippen molar-refractivity contribution in [3.63, 3.8) is 0 Å². The largest absolute Gasteiger partial charge is 0.398 e. The molecular weight excluding hydrogens is 387 g/mol. The number of amides is 1. The first-order valence-electron chi connectivity index (χ1n) is 5.93. The average Bonchev–Trinajstić information content (AvgIpc) is 2.74. The van der Waals surface area contributed by atoms with Crippen LogP contribution in [0.4, 0.5) is 5.69 Å². The fraction of sp³-hybridized carbons (Fsp3) is 0. The van der Waals surface area contributed by atoms with Crippen LogP contribution in [-0.4, -0.2) is 5.91 Å². The Morgan fingerprint density at radius 2 is 1.85 bits per heavy atom. The molecule has 0 aromatic heterocycles. The SMILES string of the molecule is N/C(=C1/C(=O)Nc2ccc(Cl)cc21)c1ccc(I)cc1. The molecule has 3 nitrogen and oxygen atoms in total. The van der Waals surface area contributed by atoms with Gasteiger partial charge < -0.3 is 11.1 Å². The number of hydrogen-bond acceptors (Lipinski definition) is 2. The van der Waals surface area contributed by atoms with Crippen LogP contribution < -0.4 is 11.1 Å². The topological polar surface area (TPSA) is 55.1 Å². The van der Waals surface area contributed by atoms with E-state index < -0.39 is 0 Å². The molecule has 0 saturated heterocycles. The summed E-state index contributed by atoms with van der Waals surface area (Å²) in [6.45, 7) is 0. The van der Waals surface area contributed by atoms with Gasteiger partial charge in [0.25, 0.3) is 5.91 Å². The Labute approximate surface area is 135 Å². The van der Waals surface area contributed by atoms with Gasteiger partial charge in [0, 0.05) is 19.8 Å². The molecule has 0 aliphatic carbocycles. The second-order valence-corrected chi connectivity index (χ2v) is 6.12. The number of anilines is 1. The van der Waals surface area contributed by atoms with E-state index >= 15 is 0 Å². The molecule has 20 heavy (non-hydrogen) atoms. The maximum atomic E-state index is 12.1. The van der Waals surface area contributed by atoms with Gasteiger partial charge in [0.05, 0.1) is 11.3 Å². The summed E-state index contributed by atoms with van der Waals surface area (Å²) < 4.78 is 1.11. The molecule has 3 rings (SSSR count). The molecule has 1 aliphatic heterocycles. The minimum absolute atomic E-state index is 0.196. The summed E-state index contributed by atoms with van der Waals surface area (Å²) in [5.74, 6) is -0.196. The van der Waals surface area contributed by atoms with Gasteiger partial charge in [0.15, 0.2) is 0 Å². The Kier molecular flexibility index (Phi) is 3.43. The maximum absolute atomic E-state index is 12.1. The van der Waals surface area contributed by atoms with Crippen molar-refractivity contribution < 1.29 is 4.79 Å². The third-order valence-corrected chi connectivity index (χ3v) is 4.11. The molecule has 0 atom stereocenters. The first kappa shape index (κ1) is 13.5. The quantitative estimate of drug-likeness (QED) is 0.570. The molecule has 0 unspecified atom stereocenters. The van der Waals surface area contributed by atoms with Gasteiger partial charge in [-0.15, -0.1) is 0 Å². The third kappa shape index (κ3) is 2.29. The van der Waals surface area contributed by atoms with E-state index in [1.54, 1.807) is 18.2 Å². The van der Waals surface area contributed by atoms with Crippen LogP contribution in [0.2, 0.25) is 5.02 Å². The molecule has 1 heterocycles. The van der Waals surface area contributed by atoms with Crippen molar-refractivity contribution in [3.8, 4) is 0 Å². The van der Waals surface area contributed by atoms with Crippen molar-refractivity contribution in [3.05, 3.63) is 62.2 Å². The number of fused-ring (bicyclic) bond motifs is 1. The predicted octanol–water partition coefficient (Wildman–Crippen LogP) is 3.72. The Morgan fingerprint density at radius 3 is 2.55 bits per heavy atom. The number of benzene rings is 2. The summed E-state index contributed by atoms with van der Waals surface area (Å²) in [7, 11) is 0. The van der Waals surface area contributed by atoms with Crippen molar-refractivity contribution in [2.75, 3.05) is 5.32 Å². The Morgan fingerprint density at radius 1 is 1.15 bits per heavy atom. The van der Waals surface area contributed by atoms with E-state index in [0.29, 0.717) is 16.3 Å². The number of carbonyl (C=O) groups is 1. The minimum atomic E-state index is -0.196. The molecule has 1 aliphatic rings. The zero-order valence-corrected chi connectivity index (χ0v) is 13.2. The molecule has 0 spiro atoms. The molecule has 0 fully saturated rings. The normalized spacial score (nSPS) is 15.8. The fourth-order valence-electron chi connectivity index (χ4n) is 2.18. The van der Waals surface area contributed by atoms with E-state index in [2.05, 4.69) is 27.9 Å². The van der Waals surface area contributed by atoms with Gasteiger partial charge >= 0.3 is 0 Å². The van der Waals surface area contributed by atoms with Crippen molar-refractivity contribution in [1.82, 2.24) is 0 Å². The maximum Gasteiger partial charge on any atom is 0.258 e. The lowest BCUT2D eigenvalue weighted by atomic mass is 10.0. The van der Waals surface area contributed by atoms with Gasteiger partial charge in [-0.05, 0) is 58.5 Å². The van der Waals surface area contributed by atoms with Gasteiger partial charge in [0.1, 0.15) is 0 Å². The van der Waals surface area contributed by atoms with E-state index in [1.165, 1.54) is 0 Å². The molecule has 2 aromatic rings. The second kappa shape index (κ2) is 5.10. The fourth-order valence-corrected chi connectivity index (χ4v) is 2.71. The number of carbonyl (C=O) groups excluding carboxylic acids is 1. The standard InChI is InChI=1S/C15H10ClIN2O/c16-9-3-6-12-11(7-9)13(15(20)19-12)14(18)8-1-4-10(17)5-2-8/h1-7H,18H2,(H,19,20)/b14-13+. The van der Waals surface area contributed by atoms with Crippen molar-refractivity contribution in [2.45, 2.75) is 0 Å². The van der Waals surface area contributed by atoms with Crippen molar-refractivity contribution >= 4 is 57.1 Å². The number of rotatable bonds is 1. The number of nitrogens with two attached hydrogens (primary N) is 1. The lowest BCUT2D eigenvalue weighted by Gasteiger charge is -2.06. The van der Waals surface area contributed by atoms with Gasteiger partial charge in [-0.2, -0.15) is 0 Å². The summed E-state index contributed by atoms with van der Waals surface area (Å²) in [4.78, 5) is 12.1. The number of hydrogen-bond donors (Lipinski definition) is 2. The summed E-state index contributed by atoms with van der Waals surface area (Å²) in [6, 6.07) is 13.0. The highest BCUT2D eigenvalue weighted by Gasteiger charge is 2.27. The Hall–Kier alpha value is -1.53. The van der Waals surface area contributed by atoms with E-state index in [-0.39, 0.29) is 5.91 Å². The molecule has 2 aromatic carbocycles. The second-order valence-electron chi connectivity index (χ2n) is 4.44. The van der Waals surface area contributed by atoms with E-state index in [1.807, 2.05) is 24.3 Å². The molecular formula is C15H10ClIN2O. The molecule has 3 N–H and O–H groups in total. The van der Waals surface area contributed by atoms with Gasteiger partial charge in [-0.25, -0.2) is 0 Å². The molecule has 0 radical (unpaired) electrons. The highest BCUT2D eigenvalue weighted by molar-refractivity contribution is 14.1. The Balaban J connectivity index is 2.18.